The first-order valence-electron chi connectivity index (χ1n) is 6.67. The van der Waals surface area contributed by atoms with Gasteiger partial charge in [0.05, 0.1) is 18.2 Å². The van der Waals surface area contributed by atoms with Gasteiger partial charge in [-0.3, -0.25) is 4.90 Å². The maximum absolute atomic E-state index is 13.6. The van der Waals surface area contributed by atoms with Crippen molar-refractivity contribution in [2.75, 3.05) is 13.1 Å². The van der Waals surface area contributed by atoms with Crippen LogP contribution in [0.2, 0.25) is 0 Å². The standard InChI is InChI=1S/C14H18FN3O/c1-9(19)10-5-6-18(7-10)8-13-16-12-4-2-3-11(15)14(12)17-13/h2-4,9-10,19H,5-8H2,1H3,(H,16,17). The first-order valence-corrected chi connectivity index (χ1v) is 6.67. The molecule has 2 N–H and O–H groups in total. The van der Waals surface area contributed by atoms with Crippen LogP contribution in [-0.2, 0) is 6.54 Å². The molecule has 2 heterocycles. The van der Waals surface area contributed by atoms with Crippen LogP contribution in [0.5, 0.6) is 0 Å². The van der Waals surface area contributed by atoms with E-state index in [4.69, 9.17) is 0 Å². The number of rotatable bonds is 3. The highest BCUT2D eigenvalue weighted by Crippen LogP contribution is 2.22. The Balaban J connectivity index is 1.74. The number of hydrogen-bond donors (Lipinski definition) is 2. The number of nitrogens with one attached hydrogen (secondary N) is 1. The third kappa shape index (κ3) is 2.48. The molecular formula is C14H18FN3O. The summed E-state index contributed by atoms with van der Waals surface area (Å²) >= 11 is 0. The summed E-state index contributed by atoms with van der Waals surface area (Å²) in [5, 5.41) is 9.59. The predicted octanol–water partition coefficient (Wildman–Crippen LogP) is 1.90. The Bertz CT molecular complexity index is 581. The summed E-state index contributed by atoms with van der Waals surface area (Å²) in [5.74, 6) is 0.829. The smallest absolute Gasteiger partial charge is 0.151 e. The summed E-state index contributed by atoms with van der Waals surface area (Å²) in [7, 11) is 0. The minimum atomic E-state index is -0.289. The Kier molecular flexibility index (Phi) is 3.24. The number of aromatic amines is 1. The molecule has 1 aromatic carbocycles. The fourth-order valence-corrected chi connectivity index (χ4v) is 2.73. The van der Waals surface area contributed by atoms with Crippen LogP contribution in [0.4, 0.5) is 4.39 Å². The quantitative estimate of drug-likeness (QED) is 0.889. The summed E-state index contributed by atoms with van der Waals surface area (Å²) < 4.78 is 13.6. The molecule has 1 aliphatic heterocycles. The number of aromatic nitrogens is 2. The molecule has 0 aliphatic carbocycles. The lowest BCUT2D eigenvalue weighted by atomic mass is 10.0. The van der Waals surface area contributed by atoms with Gasteiger partial charge in [-0.1, -0.05) is 6.07 Å². The molecule has 19 heavy (non-hydrogen) atoms. The van der Waals surface area contributed by atoms with Crippen LogP contribution in [-0.4, -0.2) is 39.2 Å². The fourth-order valence-electron chi connectivity index (χ4n) is 2.73. The molecule has 0 saturated carbocycles. The van der Waals surface area contributed by atoms with Crippen molar-refractivity contribution in [2.24, 2.45) is 5.92 Å². The zero-order chi connectivity index (χ0) is 13.4. The van der Waals surface area contributed by atoms with Crippen LogP contribution in [0.25, 0.3) is 11.0 Å². The van der Waals surface area contributed by atoms with Crippen molar-refractivity contribution in [3.8, 4) is 0 Å². The van der Waals surface area contributed by atoms with E-state index in [2.05, 4.69) is 14.9 Å². The lowest BCUT2D eigenvalue weighted by Crippen LogP contribution is -2.24. The topological polar surface area (TPSA) is 52.1 Å². The van der Waals surface area contributed by atoms with E-state index in [1.54, 1.807) is 6.07 Å². The number of para-hydroxylation sites is 1. The minimum Gasteiger partial charge on any atom is -0.393 e. The van der Waals surface area contributed by atoms with Crippen molar-refractivity contribution in [1.82, 2.24) is 14.9 Å². The van der Waals surface area contributed by atoms with E-state index < -0.39 is 0 Å². The van der Waals surface area contributed by atoms with Gasteiger partial charge in [-0.15, -0.1) is 0 Å². The summed E-state index contributed by atoms with van der Waals surface area (Å²) in [6.07, 6.45) is 0.741. The number of halogens is 1. The molecule has 0 amide bonds. The number of H-pyrrole nitrogens is 1. The second kappa shape index (κ2) is 4.90. The van der Waals surface area contributed by atoms with Gasteiger partial charge in [-0.25, -0.2) is 9.37 Å². The first kappa shape index (κ1) is 12.6. The summed E-state index contributed by atoms with van der Waals surface area (Å²) in [5.41, 5.74) is 1.14. The van der Waals surface area contributed by atoms with Crippen molar-refractivity contribution in [3.63, 3.8) is 0 Å². The Morgan fingerprint density at radius 2 is 2.42 bits per heavy atom. The molecule has 1 fully saturated rings. The molecule has 3 rings (SSSR count). The molecule has 2 unspecified atom stereocenters. The van der Waals surface area contributed by atoms with E-state index in [9.17, 15) is 9.50 Å². The Morgan fingerprint density at radius 3 is 3.11 bits per heavy atom. The van der Waals surface area contributed by atoms with Crippen LogP contribution in [0.15, 0.2) is 18.2 Å². The zero-order valence-electron chi connectivity index (χ0n) is 10.9. The van der Waals surface area contributed by atoms with Crippen molar-refractivity contribution in [2.45, 2.75) is 26.0 Å². The van der Waals surface area contributed by atoms with Gasteiger partial charge >= 0.3 is 0 Å². The maximum atomic E-state index is 13.6. The van der Waals surface area contributed by atoms with E-state index >= 15 is 0 Å². The number of aliphatic hydroxyl groups excluding tert-OH is 1. The highest BCUT2D eigenvalue weighted by molar-refractivity contribution is 5.75. The number of fused-ring (bicyclic) bond motifs is 1. The second-order valence-corrected chi connectivity index (χ2v) is 5.34. The normalized spacial score (nSPS) is 22.2. The summed E-state index contributed by atoms with van der Waals surface area (Å²) in [4.78, 5) is 9.71. The largest absolute Gasteiger partial charge is 0.393 e. The van der Waals surface area contributed by atoms with E-state index in [0.717, 1.165) is 30.9 Å². The molecular weight excluding hydrogens is 245 g/mol. The number of nitrogens with zero attached hydrogens (tertiary/aromatic N) is 2. The lowest BCUT2D eigenvalue weighted by Gasteiger charge is -2.15. The van der Waals surface area contributed by atoms with Crippen LogP contribution >= 0.6 is 0 Å². The zero-order valence-corrected chi connectivity index (χ0v) is 10.9. The first-order chi connectivity index (χ1) is 9.13. The molecule has 2 aromatic rings. The lowest BCUT2D eigenvalue weighted by molar-refractivity contribution is 0.127. The van der Waals surface area contributed by atoms with Crippen molar-refractivity contribution in [1.29, 1.82) is 0 Å². The number of aliphatic hydroxyl groups is 1. The highest BCUT2D eigenvalue weighted by atomic mass is 19.1. The average Bonchev–Trinajstić information content (AvgIpc) is 2.96. The van der Waals surface area contributed by atoms with Crippen LogP contribution in [0.1, 0.15) is 19.2 Å². The molecule has 5 heteroatoms. The SMILES string of the molecule is CC(O)C1CCN(Cc2nc3c(F)cccc3[nH]2)C1. The van der Waals surface area contributed by atoms with Crippen molar-refractivity contribution < 1.29 is 9.50 Å². The van der Waals surface area contributed by atoms with E-state index in [0.29, 0.717) is 18.0 Å². The monoisotopic (exact) mass is 263 g/mol. The van der Waals surface area contributed by atoms with E-state index in [1.165, 1.54) is 6.07 Å². The molecule has 0 radical (unpaired) electrons. The van der Waals surface area contributed by atoms with Crippen LogP contribution in [0, 0.1) is 11.7 Å². The summed E-state index contributed by atoms with van der Waals surface area (Å²) in [6, 6.07) is 4.93. The second-order valence-electron chi connectivity index (χ2n) is 5.34. The predicted molar refractivity (Wildman–Crippen MR) is 71.1 cm³/mol. The highest BCUT2D eigenvalue weighted by Gasteiger charge is 2.26. The molecule has 0 bridgehead atoms. The number of imidazole rings is 1. The average molecular weight is 263 g/mol. The molecule has 102 valence electrons. The third-order valence-electron chi connectivity index (χ3n) is 3.88. The van der Waals surface area contributed by atoms with Gasteiger partial charge in [0.1, 0.15) is 11.3 Å². The molecule has 1 aliphatic rings. The van der Waals surface area contributed by atoms with Crippen molar-refractivity contribution in [3.05, 3.63) is 29.8 Å². The maximum Gasteiger partial charge on any atom is 0.151 e. The Labute approximate surface area is 111 Å². The Hall–Kier alpha value is -1.46. The third-order valence-corrected chi connectivity index (χ3v) is 3.88. The van der Waals surface area contributed by atoms with Gasteiger partial charge in [-0.05, 0) is 37.9 Å². The van der Waals surface area contributed by atoms with Gasteiger partial charge in [0.15, 0.2) is 5.82 Å². The number of benzene rings is 1. The number of hydrogen-bond acceptors (Lipinski definition) is 3. The van der Waals surface area contributed by atoms with Crippen LogP contribution in [0.3, 0.4) is 0 Å². The molecule has 1 aromatic heterocycles. The molecule has 2 atom stereocenters. The molecule has 4 nitrogen and oxygen atoms in total. The van der Waals surface area contributed by atoms with Gasteiger partial charge in [0.2, 0.25) is 0 Å². The van der Waals surface area contributed by atoms with E-state index in [-0.39, 0.29) is 11.9 Å². The van der Waals surface area contributed by atoms with E-state index in [1.807, 2.05) is 13.0 Å². The molecule has 1 saturated heterocycles. The van der Waals surface area contributed by atoms with Crippen molar-refractivity contribution >= 4 is 11.0 Å². The summed E-state index contributed by atoms with van der Waals surface area (Å²) in [6.45, 7) is 4.34. The minimum absolute atomic E-state index is 0.266. The van der Waals surface area contributed by atoms with Gasteiger partial charge < -0.3 is 10.1 Å². The van der Waals surface area contributed by atoms with Crippen LogP contribution < -0.4 is 0 Å². The van der Waals surface area contributed by atoms with Gasteiger partial charge in [-0.2, -0.15) is 0 Å². The molecule has 0 spiro atoms. The number of likely N-dealkylation sites (tertiary alicyclic amines) is 1. The van der Waals surface area contributed by atoms with Gasteiger partial charge in [0, 0.05) is 6.54 Å². The fraction of sp³-hybridized carbons (Fsp3) is 0.500. The van der Waals surface area contributed by atoms with Gasteiger partial charge in [0.25, 0.3) is 0 Å². The Morgan fingerprint density at radius 1 is 1.58 bits per heavy atom.